The van der Waals surface area contributed by atoms with E-state index in [0.29, 0.717) is 12.0 Å². The Balaban J connectivity index is 2.05. The summed E-state index contributed by atoms with van der Waals surface area (Å²) in [6, 6.07) is 5.84. The molecule has 5 nitrogen and oxygen atoms in total. The molecule has 1 amide bonds. The van der Waals surface area contributed by atoms with Crippen LogP contribution in [0.2, 0.25) is 0 Å². The molecule has 2 atom stereocenters. The number of hydrogen-bond acceptors (Lipinski definition) is 3. The van der Waals surface area contributed by atoms with Gasteiger partial charge in [-0.05, 0) is 24.6 Å². The molecule has 1 N–H and O–H groups in total. The van der Waals surface area contributed by atoms with Crippen molar-refractivity contribution in [2.45, 2.75) is 13.0 Å². The Morgan fingerprint density at radius 2 is 2.20 bits per heavy atom. The summed E-state index contributed by atoms with van der Waals surface area (Å²) < 4.78 is 13.6. The van der Waals surface area contributed by atoms with Crippen molar-refractivity contribution in [3.63, 3.8) is 0 Å². The van der Waals surface area contributed by atoms with Crippen LogP contribution in [-0.4, -0.2) is 28.9 Å². The van der Waals surface area contributed by atoms with E-state index in [2.05, 4.69) is 0 Å². The molecule has 104 valence electrons. The fourth-order valence-electron chi connectivity index (χ4n) is 2.12. The predicted molar refractivity (Wildman–Crippen MR) is 66.8 cm³/mol. The van der Waals surface area contributed by atoms with Crippen LogP contribution in [0.1, 0.15) is 17.5 Å². The van der Waals surface area contributed by atoms with Crippen molar-refractivity contribution >= 4 is 11.9 Å². The van der Waals surface area contributed by atoms with E-state index in [1.165, 1.54) is 30.1 Å². The van der Waals surface area contributed by atoms with Crippen molar-refractivity contribution in [1.29, 1.82) is 5.26 Å². The van der Waals surface area contributed by atoms with E-state index in [-0.39, 0.29) is 18.0 Å². The summed E-state index contributed by atoms with van der Waals surface area (Å²) in [4.78, 5) is 24.0. The van der Waals surface area contributed by atoms with Crippen molar-refractivity contribution in [3.8, 4) is 6.07 Å². The number of halogens is 1. The number of carboxylic acid groups (broad SMARTS) is 1. The number of rotatable bonds is 4. The zero-order chi connectivity index (χ0) is 14.9. The van der Waals surface area contributed by atoms with Crippen LogP contribution in [-0.2, 0) is 16.1 Å². The number of nitrogens with zero attached hydrogens (tertiary/aromatic N) is 2. The Morgan fingerprint density at radius 1 is 1.50 bits per heavy atom. The second-order valence-corrected chi connectivity index (χ2v) is 4.90. The van der Waals surface area contributed by atoms with Gasteiger partial charge in [-0.3, -0.25) is 9.59 Å². The number of aliphatic carboxylic acids is 1. The highest BCUT2D eigenvalue weighted by molar-refractivity contribution is 5.89. The molecule has 20 heavy (non-hydrogen) atoms. The number of benzene rings is 1. The van der Waals surface area contributed by atoms with Gasteiger partial charge >= 0.3 is 5.97 Å². The SMILES string of the molecule is CN(Cc1cc(C#N)ccc1F)C(=O)[C@@H]1C[C@@H]1C(=O)O. The van der Waals surface area contributed by atoms with Gasteiger partial charge in [0.25, 0.3) is 0 Å². The molecule has 0 saturated heterocycles. The minimum atomic E-state index is -0.977. The highest BCUT2D eigenvalue weighted by Gasteiger charge is 2.49. The monoisotopic (exact) mass is 276 g/mol. The van der Waals surface area contributed by atoms with Gasteiger partial charge in [-0.15, -0.1) is 0 Å². The van der Waals surface area contributed by atoms with Gasteiger partial charge in [0.05, 0.1) is 23.5 Å². The maximum absolute atomic E-state index is 13.6. The van der Waals surface area contributed by atoms with Gasteiger partial charge in [-0.1, -0.05) is 0 Å². The van der Waals surface area contributed by atoms with Gasteiger partial charge in [0.15, 0.2) is 0 Å². The largest absolute Gasteiger partial charge is 0.481 e. The fourth-order valence-corrected chi connectivity index (χ4v) is 2.12. The first-order chi connectivity index (χ1) is 9.43. The summed E-state index contributed by atoms with van der Waals surface area (Å²) in [5.74, 6) is -2.91. The Hall–Kier alpha value is -2.42. The molecule has 0 aromatic heterocycles. The minimum Gasteiger partial charge on any atom is -0.481 e. The molecule has 0 heterocycles. The molecule has 0 spiro atoms. The Labute approximate surface area is 115 Å². The van der Waals surface area contributed by atoms with Gasteiger partial charge in [-0.2, -0.15) is 5.26 Å². The molecule has 2 rings (SSSR count). The van der Waals surface area contributed by atoms with Crippen LogP contribution in [0.5, 0.6) is 0 Å². The molecule has 1 aromatic carbocycles. The minimum absolute atomic E-state index is 0.0169. The van der Waals surface area contributed by atoms with Crippen molar-refractivity contribution < 1.29 is 19.1 Å². The zero-order valence-electron chi connectivity index (χ0n) is 10.8. The second-order valence-electron chi connectivity index (χ2n) is 4.90. The van der Waals surface area contributed by atoms with Crippen LogP contribution in [0.15, 0.2) is 18.2 Å². The van der Waals surface area contributed by atoms with Crippen LogP contribution < -0.4 is 0 Å². The number of carbonyl (C=O) groups excluding carboxylic acids is 1. The fraction of sp³-hybridized carbons (Fsp3) is 0.357. The number of hydrogen-bond donors (Lipinski definition) is 1. The molecule has 1 aliphatic rings. The lowest BCUT2D eigenvalue weighted by Gasteiger charge is -2.17. The van der Waals surface area contributed by atoms with Gasteiger partial charge in [0, 0.05) is 19.2 Å². The second kappa shape index (κ2) is 5.29. The predicted octanol–water partition coefficient (Wildman–Crippen LogP) is 1.38. The topological polar surface area (TPSA) is 81.4 Å². The maximum Gasteiger partial charge on any atom is 0.307 e. The molecular weight excluding hydrogens is 263 g/mol. The molecule has 0 unspecified atom stereocenters. The van der Waals surface area contributed by atoms with E-state index in [1.54, 1.807) is 0 Å². The summed E-state index contributed by atoms with van der Waals surface area (Å²) in [5.41, 5.74) is 0.560. The zero-order valence-corrected chi connectivity index (χ0v) is 10.8. The molecular formula is C14H13FN2O3. The van der Waals surface area contributed by atoms with Crippen LogP contribution in [0.4, 0.5) is 4.39 Å². The molecule has 0 aliphatic heterocycles. The van der Waals surface area contributed by atoms with Gasteiger partial charge in [0.1, 0.15) is 5.82 Å². The van der Waals surface area contributed by atoms with Crippen molar-refractivity contribution in [2.24, 2.45) is 11.8 Å². The number of nitriles is 1. The highest BCUT2D eigenvalue weighted by Crippen LogP contribution is 2.40. The Morgan fingerprint density at radius 3 is 2.75 bits per heavy atom. The summed E-state index contributed by atoms with van der Waals surface area (Å²) in [6.07, 6.45) is 0.333. The van der Waals surface area contributed by atoms with Crippen LogP contribution in [0.25, 0.3) is 0 Å². The van der Waals surface area contributed by atoms with E-state index in [4.69, 9.17) is 10.4 Å². The summed E-state index contributed by atoms with van der Waals surface area (Å²) in [5, 5.41) is 17.6. The lowest BCUT2D eigenvalue weighted by atomic mass is 10.1. The third-order valence-electron chi connectivity index (χ3n) is 3.38. The van der Waals surface area contributed by atoms with E-state index in [0.717, 1.165) is 0 Å². The first kappa shape index (κ1) is 14.0. The van der Waals surface area contributed by atoms with E-state index in [1.807, 2.05) is 6.07 Å². The van der Waals surface area contributed by atoms with E-state index in [9.17, 15) is 14.0 Å². The number of amides is 1. The van der Waals surface area contributed by atoms with Gasteiger partial charge in [-0.25, -0.2) is 4.39 Å². The lowest BCUT2D eigenvalue weighted by molar-refractivity contribution is -0.141. The van der Waals surface area contributed by atoms with Crippen LogP contribution in [0, 0.1) is 29.0 Å². The quantitative estimate of drug-likeness (QED) is 0.900. The smallest absolute Gasteiger partial charge is 0.307 e. The summed E-state index contributed by atoms with van der Waals surface area (Å²) >= 11 is 0. The molecule has 1 fully saturated rings. The molecule has 0 bridgehead atoms. The highest BCUT2D eigenvalue weighted by atomic mass is 19.1. The van der Waals surface area contributed by atoms with E-state index < -0.39 is 23.6 Å². The average Bonchev–Trinajstić information content (AvgIpc) is 3.20. The third-order valence-corrected chi connectivity index (χ3v) is 3.38. The van der Waals surface area contributed by atoms with Crippen molar-refractivity contribution in [1.82, 2.24) is 4.90 Å². The Bertz CT molecular complexity index is 609. The molecule has 6 heteroatoms. The van der Waals surface area contributed by atoms with Crippen LogP contribution in [0.3, 0.4) is 0 Å². The molecule has 1 aromatic rings. The van der Waals surface area contributed by atoms with Crippen molar-refractivity contribution in [3.05, 3.63) is 35.1 Å². The first-order valence-corrected chi connectivity index (χ1v) is 6.10. The third kappa shape index (κ3) is 2.77. The molecule has 1 aliphatic carbocycles. The van der Waals surface area contributed by atoms with Gasteiger partial charge < -0.3 is 10.0 Å². The standard InChI is InChI=1S/C14H13FN2O3/c1-17(13(18)10-5-11(10)14(19)20)7-9-4-8(6-16)2-3-12(9)15/h2-4,10-11H,5,7H2,1H3,(H,19,20)/t10-,11+/m1/s1. The number of carboxylic acids is 1. The Kier molecular flexibility index (Phi) is 3.70. The first-order valence-electron chi connectivity index (χ1n) is 6.10. The van der Waals surface area contributed by atoms with Crippen molar-refractivity contribution in [2.75, 3.05) is 7.05 Å². The van der Waals surface area contributed by atoms with E-state index >= 15 is 0 Å². The molecule has 1 saturated carbocycles. The molecule has 0 radical (unpaired) electrons. The lowest BCUT2D eigenvalue weighted by Crippen LogP contribution is -2.29. The number of carbonyl (C=O) groups is 2. The van der Waals surface area contributed by atoms with Gasteiger partial charge in [0.2, 0.25) is 5.91 Å². The maximum atomic E-state index is 13.6. The van der Waals surface area contributed by atoms with Crippen LogP contribution >= 0.6 is 0 Å². The average molecular weight is 276 g/mol. The summed E-state index contributed by atoms with van der Waals surface area (Å²) in [6.45, 7) is 0.0169. The normalized spacial score (nSPS) is 20.1. The summed E-state index contributed by atoms with van der Waals surface area (Å²) in [7, 11) is 1.50.